The van der Waals surface area contributed by atoms with Crippen LogP contribution in [0.15, 0.2) is 83.1 Å². The maximum absolute atomic E-state index is 14.7. The third kappa shape index (κ3) is 3.68. The average molecular weight is 577 g/mol. The van der Waals surface area contributed by atoms with Gasteiger partial charge in [0.1, 0.15) is 11.1 Å². The number of amides is 1. The first-order chi connectivity index (χ1) is 20.1. The van der Waals surface area contributed by atoms with E-state index in [1.165, 1.54) is 12.0 Å². The van der Waals surface area contributed by atoms with Crippen molar-refractivity contribution in [3.8, 4) is 0 Å². The van der Waals surface area contributed by atoms with Crippen LogP contribution in [-0.4, -0.2) is 79.5 Å². The Balaban J connectivity index is 1.96. The van der Waals surface area contributed by atoms with Gasteiger partial charge in [-0.2, -0.15) is 0 Å². The molecule has 0 aromatic heterocycles. The molecular weight excluding hydrogens is 548 g/mol. The molecule has 0 N–H and O–H groups in total. The lowest BCUT2D eigenvalue weighted by molar-refractivity contribution is -0.205. The first-order valence-electron chi connectivity index (χ1n) is 12.8. The molecule has 42 heavy (non-hydrogen) atoms. The van der Waals surface area contributed by atoms with Gasteiger partial charge in [0.15, 0.2) is 0 Å². The van der Waals surface area contributed by atoms with Crippen LogP contribution in [0.25, 0.3) is 0 Å². The van der Waals surface area contributed by atoms with Crippen molar-refractivity contribution in [1.82, 2.24) is 9.80 Å². The summed E-state index contributed by atoms with van der Waals surface area (Å²) in [6.45, 7) is 1.57. The van der Waals surface area contributed by atoms with Crippen LogP contribution < -0.4 is 0 Å². The zero-order valence-electron chi connectivity index (χ0n) is 23.5. The van der Waals surface area contributed by atoms with E-state index in [1.54, 1.807) is 67.6 Å². The van der Waals surface area contributed by atoms with Crippen molar-refractivity contribution < 1.29 is 47.7 Å². The molecule has 2 bridgehead atoms. The standard InChI is InChI=1S/C30H28N2O10/c1-17-20(24(33)38-2)23(19-14-10-7-11-15-19)32-27(36)29(28(37)41-5)21(25(34)39-3)22(26(35)40-4)30(32,42-29)31(17)16-18-12-8-6-9-13-18/h6-15,23H,16H2,1-5H3/t23?,29-,30+/m1/s1. The van der Waals surface area contributed by atoms with E-state index >= 15 is 0 Å². The summed E-state index contributed by atoms with van der Waals surface area (Å²) < 4.78 is 26.7. The topological polar surface area (TPSA) is 138 Å². The molecule has 12 nitrogen and oxygen atoms in total. The largest absolute Gasteiger partial charge is 0.466 e. The molecule has 1 unspecified atom stereocenters. The van der Waals surface area contributed by atoms with Crippen LogP contribution in [0.5, 0.6) is 0 Å². The minimum absolute atomic E-state index is 0.0370. The highest BCUT2D eigenvalue weighted by Crippen LogP contribution is 2.61. The second-order valence-electron chi connectivity index (χ2n) is 9.67. The van der Waals surface area contributed by atoms with Gasteiger partial charge in [-0.15, -0.1) is 0 Å². The summed E-state index contributed by atoms with van der Waals surface area (Å²) >= 11 is 0. The molecule has 1 fully saturated rings. The fourth-order valence-electron chi connectivity index (χ4n) is 5.97. The van der Waals surface area contributed by atoms with E-state index in [0.29, 0.717) is 11.1 Å². The Morgan fingerprint density at radius 2 is 1.33 bits per heavy atom. The van der Waals surface area contributed by atoms with Gasteiger partial charge in [0, 0.05) is 12.2 Å². The fraction of sp³-hybridized carbons (Fsp3) is 0.300. The Morgan fingerprint density at radius 1 is 0.786 bits per heavy atom. The maximum atomic E-state index is 14.7. The van der Waals surface area contributed by atoms with Crippen LogP contribution in [0.4, 0.5) is 0 Å². The molecule has 0 saturated carbocycles. The number of carbonyl (C=O) groups excluding carboxylic acids is 5. The first kappa shape index (κ1) is 28.6. The van der Waals surface area contributed by atoms with Gasteiger partial charge in [-0.1, -0.05) is 60.7 Å². The number of allylic oxidation sites excluding steroid dienone is 1. The van der Waals surface area contributed by atoms with Gasteiger partial charge in [-0.25, -0.2) is 19.2 Å². The Labute approximate surface area is 241 Å². The van der Waals surface area contributed by atoms with Crippen LogP contribution in [0.2, 0.25) is 0 Å². The summed E-state index contributed by atoms with van der Waals surface area (Å²) in [6.07, 6.45) is 0. The predicted octanol–water partition coefficient (Wildman–Crippen LogP) is 1.77. The van der Waals surface area contributed by atoms with Crippen molar-refractivity contribution in [2.45, 2.75) is 31.0 Å². The van der Waals surface area contributed by atoms with Gasteiger partial charge < -0.3 is 28.6 Å². The first-order valence-corrected chi connectivity index (χ1v) is 12.8. The summed E-state index contributed by atoms with van der Waals surface area (Å²) in [7, 11) is 4.35. The highest BCUT2D eigenvalue weighted by atomic mass is 16.6. The van der Waals surface area contributed by atoms with Crippen LogP contribution in [-0.2, 0) is 54.2 Å². The van der Waals surface area contributed by atoms with Gasteiger partial charge in [0.05, 0.1) is 40.1 Å². The zero-order chi connectivity index (χ0) is 30.4. The number of fused-ring (bicyclic) bond motifs is 1. The average Bonchev–Trinajstić information content (AvgIpc) is 3.48. The molecular formula is C30H28N2O10. The second kappa shape index (κ2) is 10.5. The summed E-state index contributed by atoms with van der Waals surface area (Å²) in [5.41, 5.74) is -2.42. The Hall–Kier alpha value is -4.97. The number of hydrogen-bond acceptors (Lipinski definition) is 11. The minimum atomic E-state index is -2.75. The van der Waals surface area contributed by atoms with Gasteiger partial charge >= 0.3 is 23.9 Å². The second-order valence-corrected chi connectivity index (χ2v) is 9.67. The van der Waals surface area contributed by atoms with Crippen molar-refractivity contribution in [3.05, 3.63) is 94.2 Å². The molecule has 12 heteroatoms. The maximum Gasteiger partial charge on any atom is 0.353 e. The highest BCUT2D eigenvalue weighted by molar-refractivity contribution is 6.23. The molecule has 2 aromatic carbocycles. The summed E-state index contributed by atoms with van der Waals surface area (Å²) in [5, 5.41) is 0. The zero-order valence-corrected chi connectivity index (χ0v) is 23.5. The Bertz CT molecular complexity index is 1550. The lowest BCUT2D eigenvalue weighted by Crippen LogP contribution is -2.66. The number of esters is 4. The minimum Gasteiger partial charge on any atom is -0.466 e. The molecule has 3 aliphatic rings. The molecule has 218 valence electrons. The normalized spacial score (nSPS) is 24.4. The number of carbonyl (C=O) groups is 5. The van der Waals surface area contributed by atoms with E-state index in [9.17, 15) is 24.0 Å². The quantitative estimate of drug-likeness (QED) is 0.271. The van der Waals surface area contributed by atoms with E-state index in [-0.39, 0.29) is 17.8 Å². The van der Waals surface area contributed by atoms with Crippen molar-refractivity contribution in [2.75, 3.05) is 28.4 Å². The van der Waals surface area contributed by atoms with Crippen molar-refractivity contribution in [2.24, 2.45) is 0 Å². The number of rotatable bonds is 7. The van der Waals surface area contributed by atoms with E-state index in [0.717, 1.165) is 26.2 Å². The Kier molecular flexibility index (Phi) is 7.11. The lowest BCUT2D eigenvalue weighted by atomic mass is 9.80. The van der Waals surface area contributed by atoms with E-state index in [2.05, 4.69) is 0 Å². The van der Waals surface area contributed by atoms with Crippen LogP contribution in [0, 0.1) is 0 Å². The Morgan fingerprint density at radius 3 is 1.88 bits per heavy atom. The molecule has 1 spiro atoms. The molecule has 0 aliphatic carbocycles. The molecule has 5 rings (SSSR count). The highest BCUT2D eigenvalue weighted by Gasteiger charge is 2.82. The SMILES string of the molecule is COC(=O)C1=C(C)N(Cc2ccccc2)[C@]23O[C@@](C(=O)OC)(C(=O)N2C1c1ccccc1)C(C(=O)OC)=C3C(=O)OC. The van der Waals surface area contributed by atoms with Crippen molar-refractivity contribution in [3.63, 3.8) is 0 Å². The van der Waals surface area contributed by atoms with Crippen LogP contribution >= 0.6 is 0 Å². The number of methoxy groups -OCH3 is 4. The molecule has 3 aliphatic heterocycles. The van der Waals surface area contributed by atoms with Crippen molar-refractivity contribution in [1.29, 1.82) is 0 Å². The van der Waals surface area contributed by atoms with E-state index in [4.69, 9.17) is 23.7 Å². The summed E-state index contributed by atoms with van der Waals surface area (Å²) in [6, 6.07) is 16.2. The van der Waals surface area contributed by atoms with E-state index in [1.807, 2.05) is 0 Å². The van der Waals surface area contributed by atoms with Crippen LogP contribution in [0.1, 0.15) is 24.1 Å². The molecule has 1 amide bonds. The van der Waals surface area contributed by atoms with Gasteiger partial charge in [0.25, 0.3) is 17.4 Å². The van der Waals surface area contributed by atoms with Crippen molar-refractivity contribution >= 4 is 29.8 Å². The number of hydrogen-bond donors (Lipinski definition) is 0. The third-order valence-electron chi connectivity index (χ3n) is 7.72. The molecule has 1 saturated heterocycles. The van der Waals surface area contributed by atoms with Gasteiger partial charge in [-0.3, -0.25) is 9.69 Å². The van der Waals surface area contributed by atoms with Gasteiger partial charge in [-0.05, 0) is 18.1 Å². The molecule has 3 heterocycles. The molecule has 2 aromatic rings. The lowest BCUT2D eigenvalue weighted by Gasteiger charge is -2.53. The molecule has 0 radical (unpaired) electrons. The number of benzene rings is 2. The fourth-order valence-corrected chi connectivity index (χ4v) is 5.97. The third-order valence-corrected chi connectivity index (χ3v) is 7.72. The smallest absolute Gasteiger partial charge is 0.353 e. The van der Waals surface area contributed by atoms with Crippen LogP contribution in [0.3, 0.4) is 0 Å². The number of nitrogens with zero attached hydrogens (tertiary/aromatic N) is 2. The van der Waals surface area contributed by atoms with Gasteiger partial charge in [0.2, 0.25) is 0 Å². The summed E-state index contributed by atoms with van der Waals surface area (Å²) in [4.78, 5) is 71.3. The summed E-state index contributed by atoms with van der Waals surface area (Å²) in [5.74, 6) is -7.53. The number of ether oxygens (including phenoxy) is 5. The van der Waals surface area contributed by atoms with E-state index < -0.39 is 58.4 Å². The molecule has 3 atom stereocenters. The predicted molar refractivity (Wildman–Crippen MR) is 142 cm³/mol. The monoisotopic (exact) mass is 576 g/mol.